The zero-order valence-corrected chi connectivity index (χ0v) is 11.5. The van der Waals surface area contributed by atoms with Gasteiger partial charge in [0.2, 0.25) is 0 Å². The van der Waals surface area contributed by atoms with Gasteiger partial charge >= 0.3 is 6.18 Å². The summed E-state index contributed by atoms with van der Waals surface area (Å²) in [5.41, 5.74) is 5.02. The predicted molar refractivity (Wildman–Crippen MR) is 71.4 cm³/mol. The number of alkyl halides is 3. The van der Waals surface area contributed by atoms with E-state index in [4.69, 9.17) is 5.73 Å². The monoisotopic (exact) mass is 288 g/mol. The third-order valence-corrected chi connectivity index (χ3v) is 3.28. The maximum atomic E-state index is 12.9. The van der Waals surface area contributed by atoms with Gasteiger partial charge in [0.15, 0.2) is 0 Å². The van der Waals surface area contributed by atoms with Crippen molar-refractivity contribution in [1.82, 2.24) is 10.3 Å². The molecule has 112 valence electrons. The molecule has 7 heteroatoms. The molecular weight excluding hydrogens is 269 g/mol. The van der Waals surface area contributed by atoms with Crippen molar-refractivity contribution < 1.29 is 13.2 Å². The number of nitrogens with zero attached hydrogens (tertiary/aromatic N) is 2. The van der Waals surface area contributed by atoms with Crippen LogP contribution in [0.25, 0.3) is 0 Å². The highest BCUT2D eigenvalue weighted by atomic mass is 19.4. The number of hydrogen-bond acceptors (Lipinski definition) is 4. The van der Waals surface area contributed by atoms with E-state index >= 15 is 0 Å². The lowest BCUT2D eigenvalue weighted by atomic mass is 10.1. The Morgan fingerprint density at radius 2 is 1.90 bits per heavy atom. The van der Waals surface area contributed by atoms with E-state index in [0.29, 0.717) is 18.9 Å². The number of anilines is 1. The largest absolute Gasteiger partial charge is 0.416 e. The molecule has 0 aliphatic carbocycles. The minimum Gasteiger partial charge on any atom is -0.353 e. The number of piperazine rings is 1. The Labute approximate surface area is 116 Å². The number of halogens is 3. The molecule has 0 aromatic carbocycles. The number of nitrogens with two attached hydrogens (primary N) is 1. The van der Waals surface area contributed by atoms with E-state index in [-0.39, 0.29) is 24.3 Å². The lowest BCUT2D eigenvalue weighted by Crippen LogP contribution is -2.54. The summed E-state index contributed by atoms with van der Waals surface area (Å²) < 4.78 is 38.7. The number of aromatic nitrogens is 1. The maximum Gasteiger partial charge on any atom is 0.416 e. The molecule has 2 rings (SSSR count). The molecule has 4 nitrogen and oxygen atoms in total. The minimum absolute atomic E-state index is 0.00584. The molecule has 1 aromatic heterocycles. The van der Waals surface area contributed by atoms with E-state index in [2.05, 4.69) is 10.3 Å². The first-order valence-electron chi connectivity index (χ1n) is 6.59. The molecule has 1 aliphatic rings. The van der Waals surface area contributed by atoms with Gasteiger partial charge in [-0.05, 0) is 26.0 Å². The highest BCUT2D eigenvalue weighted by Gasteiger charge is 2.32. The highest BCUT2D eigenvalue weighted by Crippen LogP contribution is 2.32. The first-order valence-corrected chi connectivity index (χ1v) is 6.59. The molecule has 0 radical (unpaired) electrons. The van der Waals surface area contributed by atoms with Crippen molar-refractivity contribution in [2.75, 3.05) is 18.0 Å². The molecule has 3 N–H and O–H groups in total. The average molecular weight is 288 g/mol. The molecule has 1 aliphatic heterocycles. The SMILES string of the molecule is C[C@@H]1CN(c2cc(C(F)(F)F)cc(CN)n2)C[C@H](C)N1. The molecular formula is C13H19F3N4. The van der Waals surface area contributed by atoms with Gasteiger partial charge < -0.3 is 16.0 Å². The summed E-state index contributed by atoms with van der Waals surface area (Å²) in [5, 5.41) is 3.34. The Morgan fingerprint density at radius 3 is 2.40 bits per heavy atom. The first kappa shape index (κ1) is 15.1. The van der Waals surface area contributed by atoms with Crippen molar-refractivity contribution in [3.63, 3.8) is 0 Å². The third-order valence-electron chi connectivity index (χ3n) is 3.28. The first-order chi connectivity index (χ1) is 9.29. The van der Waals surface area contributed by atoms with Crippen LogP contribution in [-0.2, 0) is 12.7 Å². The average Bonchev–Trinajstić information content (AvgIpc) is 2.36. The van der Waals surface area contributed by atoms with E-state index in [1.165, 1.54) is 0 Å². The second kappa shape index (κ2) is 5.57. The second-order valence-electron chi connectivity index (χ2n) is 5.28. The van der Waals surface area contributed by atoms with Crippen LogP contribution >= 0.6 is 0 Å². The number of nitrogens with one attached hydrogen (secondary N) is 1. The van der Waals surface area contributed by atoms with Crippen LogP contribution in [0.3, 0.4) is 0 Å². The van der Waals surface area contributed by atoms with Gasteiger partial charge in [0, 0.05) is 31.7 Å². The smallest absolute Gasteiger partial charge is 0.353 e. The normalized spacial score (nSPS) is 24.0. The van der Waals surface area contributed by atoms with Crippen molar-refractivity contribution in [2.45, 2.75) is 38.7 Å². The Hall–Kier alpha value is -1.34. The van der Waals surface area contributed by atoms with Crippen LogP contribution < -0.4 is 16.0 Å². The number of pyridine rings is 1. The van der Waals surface area contributed by atoms with Crippen LogP contribution in [0.2, 0.25) is 0 Å². The van der Waals surface area contributed by atoms with E-state index in [0.717, 1.165) is 12.1 Å². The van der Waals surface area contributed by atoms with Gasteiger partial charge in [0.1, 0.15) is 5.82 Å². The van der Waals surface area contributed by atoms with Crippen molar-refractivity contribution in [3.05, 3.63) is 23.4 Å². The van der Waals surface area contributed by atoms with Crippen LogP contribution in [0.15, 0.2) is 12.1 Å². The Kier molecular flexibility index (Phi) is 4.19. The van der Waals surface area contributed by atoms with E-state index in [1.807, 2.05) is 18.7 Å². The van der Waals surface area contributed by atoms with Crippen molar-refractivity contribution in [2.24, 2.45) is 5.73 Å². The van der Waals surface area contributed by atoms with Crippen molar-refractivity contribution in [1.29, 1.82) is 0 Å². The molecule has 20 heavy (non-hydrogen) atoms. The molecule has 2 atom stereocenters. The molecule has 1 fully saturated rings. The molecule has 1 saturated heterocycles. The summed E-state index contributed by atoms with van der Waals surface area (Å²) >= 11 is 0. The lowest BCUT2D eigenvalue weighted by Gasteiger charge is -2.37. The molecule has 0 amide bonds. The van der Waals surface area contributed by atoms with Gasteiger partial charge in [0.25, 0.3) is 0 Å². The van der Waals surface area contributed by atoms with E-state index < -0.39 is 11.7 Å². The topological polar surface area (TPSA) is 54.2 Å². The van der Waals surface area contributed by atoms with Gasteiger partial charge in [-0.2, -0.15) is 13.2 Å². The fourth-order valence-electron chi connectivity index (χ4n) is 2.52. The standard InChI is InChI=1S/C13H19F3N4/c1-8-6-20(7-9(2)18-8)12-4-10(13(14,15)16)3-11(5-17)19-12/h3-4,8-9,18H,5-7,17H2,1-2H3/t8-,9+. The van der Waals surface area contributed by atoms with Gasteiger partial charge in [-0.1, -0.05) is 0 Å². The summed E-state index contributed by atoms with van der Waals surface area (Å²) in [4.78, 5) is 6.11. The zero-order chi connectivity index (χ0) is 14.9. The summed E-state index contributed by atoms with van der Waals surface area (Å²) in [6, 6.07) is 2.52. The quantitative estimate of drug-likeness (QED) is 0.870. The molecule has 0 spiro atoms. The number of hydrogen-bond donors (Lipinski definition) is 2. The summed E-state index contributed by atoms with van der Waals surface area (Å²) in [5.74, 6) is 0.348. The summed E-state index contributed by atoms with van der Waals surface area (Å²) in [7, 11) is 0. The van der Waals surface area contributed by atoms with Gasteiger partial charge in [-0.3, -0.25) is 0 Å². The molecule has 0 unspecified atom stereocenters. The van der Waals surface area contributed by atoms with Crippen LogP contribution in [0, 0.1) is 0 Å². The predicted octanol–water partition coefficient (Wildman–Crippen LogP) is 1.75. The lowest BCUT2D eigenvalue weighted by molar-refractivity contribution is -0.137. The highest BCUT2D eigenvalue weighted by molar-refractivity contribution is 5.44. The van der Waals surface area contributed by atoms with Crippen LogP contribution in [0.1, 0.15) is 25.1 Å². The van der Waals surface area contributed by atoms with Crippen molar-refractivity contribution in [3.8, 4) is 0 Å². The minimum atomic E-state index is -4.38. The molecule has 2 heterocycles. The van der Waals surface area contributed by atoms with Crippen LogP contribution in [0.5, 0.6) is 0 Å². The Morgan fingerprint density at radius 1 is 1.30 bits per heavy atom. The third kappa shape index (κ3) is 3.40. The number of rotatable bonds is 2. The van der Waals surface area contributed by atoms with Gasteiger partial charge in [-0.25, -0.2) is 4.98 Å². The summed E-state index contributed by atoms with van der Waals surface area (Å²) in [6.45, 7) is 5.25. The Bertz CT molecular complexity index is 465. The molecule has 1 aromatic rings. The zero-order valence-electron chi connectivity index (χ0n) is 11.5. The van der Waals surface area contributed by atoms with Crippen molar-refractivity contribution >= 4 is 5.82 Å². The van der Waals surface area contributed by atoms with Crippen LogP contribution in [0.4, 0.5) is 19.0 Å². The molecule has 0 saturated carbocycles. The van der Waals surface area contributed by atoms with Gasteiger partial charge in [-0.15, -0.1) is 0 Å². The molecule has 0 bridgehead atoms. The van der Waals surface area contributed by atoms with E-state index in [1.54, 1.807) is 0 Å². The maximum absolute atomic E-state index is 12.9. The van der Waals surface area contributed by atoms with Crippen LogP contribution in [-0.4, -0.2) is 30.2 Å². The summed E-state index contributed by atoms with van der Waals surface area (Å²) in [6.07, 6.45) is -4.38. The van der Waals surface area contributed by atoms with E-state index in [9.17, 15) is 13.2 Å². The second-order valence-corrected chi connectivity index (χ2v) is 5.28. The van der Waals surface area contributed by atoms with Gasteiger partial charge in [0.05, 0.1) is 11.3 Å². The fourth-order valence-corrected chi connectivity index (χ4v) is 2.52. The fraction of sp³-hybridized carbons (Fsp3) is 0.615. The Balaban J connectivity index is 2.35.